The highest BCUT2D eigenvalue weighted by Gasteiger charge is 2.38. The maximum atomic E-state index is 13.4. The third kappa shape index (κ3) is 8.98. The predicted octanol–water partition coefficient (Wildman–Crippen LogP) is 2.12. The average molecular weight is 620 g/mol. The Hall–Kier alpha value is -5.54. The number of benzene rings is 2. The number of ether oxygens (including phenoxy) is 2. The van der Waals surface area contributed by atoms with Crippen molar-refractivity contribution in [1.29, 1.82) is 0 Å². The molecule has 0 aliphatic carbocycles. The highest BCUT2D eigenvalue weighted by molar-refractivity contribution is 5.98. The number of hydrogen-bond donors (Lipinski definition) is 5. The number of amides is 2. The van der Waals surface area contributed by atoms with Gasteiger partial charge in [-0.3, -0.25) is 25.3 Å². The lowest BCUT2D eigenvalue weighted by Gasteiger charge is -2.22. The number of hydrogen-bond acceptors (Lipinski definition) is 9. The molecular formula is C28H30F3N6O7+. The van der Waals surface area contributed by atoms with Crippen LogP contribution in [0.3, 0.4) is 0 Å². The van der Waals surface area contributed by atoms with Crippen LogP contribution in [-0.4, -0.2) is 54.8 Å². The second-order valence-corrected chi connectivity index (χ2v) is 9.18. The minimum absolute atomic E-state index is 0.0393. The second kappa shape index (κ2) is 14.6. The van der Waals surface area contributed by atoms with Gasteiger partial charge in [-0.05, 0) is 61.9 Å². The predicted molar refractivity (Wildman–Crippen MR) is 150 cm³/mol. The van der Waals surface area contributed by atoms with Gasteiger partial charge in [-0.2, -0.15) is 13.2 Å². The van der Waals surface area contributed by atoms with Crippen molar-refractivity contribution >= 4 is 29.3 Å². The number of rotatable bonds is 5. The van der Waals surface area contributed by atoms with Crippen LogP contribution in [0.25, 0.3) is 0 Å². The van der Waals surface area contributed by atoms with Crippen LogP contribution in [0.5, 0.6) is 11.5 Å². The molecule has 0 spiro atoms. The molecule has 16 heteroatoms. The first kappa shape index (κ1) is 33.0. The van der Waals surface area contributed by atoms with E-state index in [4.69, 9.17) is 29.9 Å². The molecule has 6 N–H and O–H groups in total. The fraction of sp³-hybridized carbons (Fsp3) is 0.250. The van der Waals surface area contributed by atoms with Gasteiger partial charge in [0.1, 0.15) is 19.0 Å². The number of aliphatic imine (C=N–C) groups is 1. The maximum Gasteiger partial charge on any atom is 0.490 e. The summed E-state index contributed by atoms with van der Waals surface area (Å²) in [5.41, 5.74) is 13.2. The Morgan fingerprint density at radius 3 is 2.41 bits per heavy atom. The first-order valence-electron chi connectivity index (χ1n) is 12.9. The minimum Gasteiger partial charge on any atom is -0.487 e. The molecule has 1 aromatic heterocycles. The smallest absolute Gasteiger partial charge is 0.487 e. The van der Waals surface area contributed by atoms with E-state index in [0.29, 0.717) is 34.1 Å². The van der Waals surface area contributed by atoms with E-state index in [1.165, 1.54) is 11.8 Å². The number of hydrazine groups is 1. The quantitative estimate of drug-likeness (QED) is 0.211. The first-order chi connectivity index (χ1) is 20.8. The van der Waals surface area contributed by atoms with E-state index in [2.05, 4.69) is 21.2 Å². The van der Waals surface area contributed by atoms with Gasteiger partial charge < -0.3 is 25.6 Å². The number of nitrogens with one attached hydrogen (secondary N) is 3. The number of nitrogens with zero attached hydrogens (tertiary/aromatic N) is 2. The Labute approximate surface area is 249 Å². The van der Waals surface area contributed by atoms with Crippen molar-refractivity contribution in [1.82, 2.24) is 10.9 Å². The van der Waals surface area contributed by atoms with E-state index < -0.39 is 30.0 Å². The fourth-order valence-electron chi connectivity index (χ4n) is 3.65. The molecule has 0 saturated heterocycles. The number of halogens is 3. The number of alkyl halides is 3. The van der Waals surface area contributed by atoms with Crippen molar-refractivity contribution in [3.05, 3.63) is 83.7 Å². The third-order valence-corrected chi connectivity index (χ3v) is 5.67. The standard InChI is InChI=1S/C26H28N6O5.C2HF3O2/c1-16(2)37-21-12-9-18-14-22(21)36-15-28-24(27)17-7-10-19(11-8-17)29-23(18)26(34)31-30-25(33)20-6-4-5-13-32(20)35-3;3-2(4,5)1(6)7/h4-14,16,23H,15H2,1-3H3,(H4,27,28,29,33);(H,6,7)/p+1. The maximum absolute atomic E-state index is 13.4. The Morgan fingerprint density at radius 2 is 1.80 bits per heavy atom. The molecule has 0 saturated carbocycles. The zero-order valence-corrected chi connectivity index (χ0v) is 23.7. The summed E-state index contributed by atoms with van der Waals surface area (Å²) in [5, 5.41) is 10.3. The molecule has 2 aliphatic heterocycles. The highest BCUT2D eigenvalue weighted by Crippen LogP contribution is 2.33. The van der Waals surface area contributed by atoms with Crippen molar-refractivity contribution in [3.8, 4) is 11.5 Å². The van der Waals surface area contributed by atoms with Crippen LogP contribution in [0.4, 0.5) is 18.9 Å². The number of carbonyl (C=O) groups excluding carboxylic acids is 2. The molecule has 3 heterocycles. The number of pyridine rings is 1. The van der Waals surface area contributed by atoms with Crippen molar-refractivity contribution < 1.29 is 51.7 Å². The van der Waals surface area contributed by atoms with Gasteiger partial charge in [-0.25, -0.2) is 9.79 Å². The van der Waals surface area contributed by atoms with Crippen molar-refractivity contribution in [3.63, 3.8) is 0 Å². The lowest BCUT2D eigenvalue weighted by molar-refractivity contribution is -0.886. The monoisotopic (exact) mass is 619 g/mol. The molecule has 2 aliphatic rings. The van der Waals surface area contributed by atoms with E-state index in [1.54, 1.807) is 66.9 Å². The summed E-state index contributed by atoms with van der Waals surface area (Å²) < 4.78 is 44.8. The van der Waals surface area contributed by atoms with E-state index in [0.717, 1.165) is 0 Å². The van der Waals surface area contributed by atoms with Crippen molar-refractivity contribution in [2.24, 2.45) is 10.7 Å². The average Bonchev–Trinajstić information content (AvgIpc) is 3.00. The van der Waals surface area contributed by atoms with E-state index in [-0.39, 0.29) is 18.5 Å². The van der Waals surface area contributed by atoms with Gasteiger partial charge in [-0.15, -0.1) is 0 Å². The summed E-state index contributed by atoms with van der Waals surface area (Å²) in [6, 6.07) is 16.4. The molecule has 1 unspecified atom stereocenters. The number of aliphatic carboxylic acids is 1. The number of anilines is 1. The molecule has 234 valence electrons. The molecule has 4 bridgehead atoms. The minimum atomic E-state index is -5.08. The molecule has 2 aromatic carbocycles. The number of amidine groups is 1. The molecule has 2 amide bonds. The van der Waals surface area contributed by atoms with Gasteiger partial charge in [0.2, 0.25) is 6.20 Å². The third-order valence-electron chi connectivity index (χ3n) is 5.67. The summed E-state index contributed by atoms with van der Waals surface area (Å²) in [6.45, 7) is 3.76. The van der Waals surface area contributed by atoms with Crippen LogP contribution in [0.1, 0.15) is 41.5 Å². The number of fused-ring (bicyclic) bond motifs is 5. The largest absolute Gasteiger partial charge is 0.490 e. The zero-order chi connectivity index (χ0) is 32.4. The number of carboxylic acids is 1. The summed E-state index contributed by atoms with van der Waals surface area (Å²) in [6.07, 6.45) is -3.60. The first-order valence-corrected chi connectivity index (χ1v) is 12.9. The number of carbonyl (C=O) groups is 3. The summed E-state index contributed by atoms with van der Waals surface area (Å²) >= 11 is 0. The zero-order valence-electron chi connectivity index (χ0n) is 23.7. The lowest BCUT2D eigenvalue weighted by atomic mass is 10.0. The van der Waals surface area contributed by atoms with Crippen molar-refractivity contribution in [2.45, 2.75) is 32.2 Å². The summed E-state index contributed by atoms with van der Waals surface area (Å²) in [5.74, 6) is -2.59. The van der Waals surface area contributed by atoms with Crippen LogP contribution in [-0.2, 0) is 9.59 Å². The molecule has 3 aromatic rings. The molecule has 13 nitrogen and oxygen atoms in total. The molecule has 5 rings (SSSR count). The Kier molecular flexibility index (Phi) is 10.9. The fourth-order valence-corrected chi connectivity index (χ4v) is 3.65. The van der Waals surface area contributed by atoms with Gasteiger partial charge in [0.05, 0.1) is 6.10 Å². The normalized spacial score (nSPS) is 15.2. The van der Waals surface area contributed by atoms with Gasteiger partial charge in [0.25, 0.3) is 5.91 Å². The van der Waals surface area contributed by atoms with Gasteiger partial charge >= 0.3 is 23.7 Å². The molecule has 44 heavy (non-hydrogen) atoms. The second-order valence-electron chi connectivity index (χ2n) is 9.18. The van der Waals surface area contributed by atoms with E-state index >= 15 is 0 Å². The van der Waals surface area contributed by atoms with E-state index in [1.807, 2.05) is 13.8 Å². The number of nitrogens with two attached hydrogens (primary N) is 1. The molecule has 0 fully saturated rings. The van der Waals surface area contributed by atoms with Crippen LogP contribution < -0.4 is 40.9 Å². The Bertz CT molecular complexity index is 1510. The number of aromatic nitrogens is 1. The summed E-state index contributed by atoms with van der Waals surface area (Å²) in [7, 11) is 1.43. The molecule has 0 radical (unpaired) electrons. The van der Waals surface area contributed by atoms with Crippen LogP contribution in [0.2, 0.25) is 0 Å². The van der Waals surface area contributed by atoms with Crippen LogP contribution in [0, 0.1) is 0 Å². The molecular weight excluding hydrogens is 589 g/mol. The number of carboxylic acid groups (broad SMARTS) is 1. The Balaban J connectivity index is 0.000000676. The Morgan fingerprint density at radius 1 is 1.11 bits per heavy atom. The highest BCUT2D eigenvalue weighted by atomic mass is 19.4. The van der Waals surface area contributed by atoms with Gasteiger partial charge in [-0.1, -0.05) is 6.07 Å². The van der Waals surface area contributed by atoms with Crippen LogP contribution >= 0.6 is 0 Å². The SMILES string of the molecule is CO[n+]1ccccc1C(=O)NNC(=O)C1Nc2ccc(cc2)/C(N)=N\COc2cc1ccc2OC(C)C.O=C(O)C(F)(F)F. The van der Waals surface area contributed by atoms with Gasteiger partial charge in [0, 0.05) is 28.1 Å². The summed E-state index contributed by atoms with van der Waals surface area (Å²) in [4.78, 5) is 44.4. The van der Waals surface area contributed by atoms with Crippen LogP contribution in [0.15, 0.2) is 71.9 Å². The van der Waals surface area contributed by atoms with E-state index in [9.17, 15) is 22.8 Å². The lowest BCUT2D eigenvalue weighted by Crippen LogP contribution is -2.52. The topological polar surface area (TPSA) is 177 Å². The van der Waals surface area contributed by atoms with Gasteiger partial charge in [0.15, 0.2) is 18.2 Å². The van der Waals surface area contributed by atoms with Crippen molar-refractivity contribution in [2.75, 3.05) is 19.2 Å². The molecule has 1 atom stereocenters.